The third kappa shape index (κ3) is 4.68. The van der Waals surface area contributed by atoms with Crippen LogP contribution in [0.2, 0.25) is 0 Å². The first kappa shape index (κ1) is 22.5. The molecule has 1 aliphatic carbocycles. The van der Waals surface area contributed by atoms with Crippen LogP contribution in [0.5, 0.6) is 0 Å². The molecule has 1 saturated carbocycles. The molecule has 0 N–H and O–H groups in total. The van der Waals surface area contributed by atoms with Crippen LogP contribution in [0.4, 0.5) is 4.79 Å². The summed E-state index contributed by atoms with van der Waals surface area (Å²) >= 11 is 0. The first-order chi connectivity index (χ1) is 16.3. The average Bonchev–Trinajstić information content (AvgIpc) is 3.17. The van der Waals surface area contributed by atoms with Crippen molar-refractivity contribution in [1.82, 2.24) is 14.7 Å². The number of hydrogen-bond acceptors (Lipinski definition) is 2. The second-order valence-electron chi connectivity index (χ2n) is 10.1. The molecule has 2 aliphatic heterocycles. The van der Waals surface area contributed by atoms with Gasteiger partial charge in [-0.2, -0.15) is 0 Å². The highest BCUT2D eigenvalue weighted by atomic mass is 16.2. The number of piperidine rings is 1. The standard InChI is InChI=1S/C29H39N3O/c1-2-31-27-15-9-10-16-28(27)32(29(31)33)25-17-20-30(21-18-25)22-19-26(23-11-5-3-6-12-23)24-13-7-4-8-14-24/h3-8,11-14,25-28H,2,9-10,15-22H2,1H3/t27-,28+/m0/s1. The van der Waals surface area contributed by atoms with E-state index in [1.807, 2.05) is 0 Å². The number of hydrogen-bond donors (Lipinski definition) is 0. The summed E-state index contributed by atoms with van der Waals surface area (Å²) in [5.41, 5.74) is 2.81. The van der Waals surface area contributed by atoms with Crippen LogP contribution in [-0.4, -0.2) is 65.0 Å². The van der Waals surface area contributed by atoms with Crippen molar-refractivity contribution >= 4 is 6.03 Å². The lowest BCUT2D eigenvalue weighted by atomic mass is 9.87. The molecule has 3 aliphatic rings. The van der Waals surface area contributed by atoms with Gasteiger partial charge < -0.3 is 14.7 Å². The predicted octanol–water partition coefficient (Wildman–Crippen LogP) is 5.74. The predicted molar refractivity (Wildman–Crippen MR) is 134 cm³/mol. The Bertz CT molecular complexity index is 854. The Kier molecular flexibility index (Phi) is 7.01. The van der Waals surface area contributed by atoms with Crippen LogP contribution in [-0.2, 0) is 0 Å². The highest BCUT2D eigenvalue weighted by Crippen LogP contribution is 2.37. The zero-order valence-electron chi connectivity index (χ0n) is 20.1. The van der Waals surface area contributed by atoms with Crippen molar-refractivity contribution in [1.29, 1.82) is 0 Å². The van der Waals surface area contributed by atoms with Crippen molar-refractivity contribution in [3.05, 3.63) is 71.8 Å². The molecule has 2 atom stereocenters. The van der Waals surface area contributed by atoms with E-state index in [0.29, 0.717) is 30.1 Å². The summed E-state index contributed by atoms with van der Waals surface area (Å²) in [6, 6.07) is 23.6. The SMILES string of the molecule is CCN1C(=O)N(C2CCN(CCC(c3ccccc3)c3ccccc3)CC2)[C@@H]2CCCC[C@@H]21. The van der Waals surface area contributed by atoms with Crippen LogP contribution in [0.15, 0.2) is 60.7 Å². The topological polar surface area (TPSA) is 26.8 Å². The second kappa shape index (κ2) is 10.3. The van der Waals surface area contributed by atoms with E-state index < -0.39 is 0 Å². The number of nitrogens with zero attached hydrogens (tertiary/aromatic N) is 3. The number of amides is 2. The third-order valence-electron chi connectivity index (χ3n) is 8.35. The molecule has 4 nitrogen and oxygen atoms in total. The van der Waals surface area contributed by atoms with Gasteiger partial charge in [0.2, 0.25) is 0 Å². The van der Waals surface area contributed by atoms with Crippen molar-refractivity contribution in [2.24, 2.45) is 0 Å². The first-order valence-electron chi connectivity index (χ1n) is 13.2. The maximum absolute atomic E-state index is 13.3. The van der Waals surface area contributed by atoms with Crippen LogP contribution >= 0.6 is 0 Å². The lowest BCUT2D eigenvalue weighted by Gasteiger charge is -2.40. The van der Waals surface area contributed by atoms with Crippen molar-refractivity contribution in [2.45, 2.75) is 75.9 Å². The minimum Gasteiger partial charge on any atom is -0.320 e. The Morgan fingerprint density at radius 3 is 1.97 bits per heavy atom. The summed E-state index contributed by atoms with van der Waals surface area (Å²) in [7, 11) is 0. The molecule has 0 bridgehead atoms. The smallest absolute Gasteiger partial charge is 0.320 e. The van der Waals surface area contributed by atoms with Gasteiger partial charge >= 0.3 is 6.03 Å². The molecule has 3 fully saturated rings. The normalized spacial score (nSPS) is 24.5. The molecule has 0 aromatic heterocycles. The second-order valence-corrected chi connectivity index (χ2v) is 10.1. The van der Waals surface area contributed by atoms with Crippen molar-refractivity contribution < 1.29 is 4.79 Å². The Morgan fingerprint density at radius 2 is 1.39 bits per heavy atom. The van der Waals surface area contributed by atoms with Crippen molar-refractivity contribution in [3.8, 4) is 0 Å². The molecule has 2 saturated heterocycles. The minimum absolute atomic E-state index is 0.320. The molecule has 176 valence electrons. The highest BCUT2D eigenvalue weighted by Gasteiger charge is 2.48. The van der Waals surface area contributed by atoms with Crippen molar-refractivity contribution in [3.63, 3.8) is 0 Å². The first-order valence-corrected chi connectivity index (χ1v) is 13.2. The van der Waals surface area contributed by atoms with Gasteiger partial charge in [-0.15, -0.1) is 0 Å². The number of fused-ring (bicyclic) bond motifs is 1. The number of benzene rings is 2. The largest absolute Gasteiger partial charge is 0.320 e. The molecule has 2 aromatic rings. The van der Waals surface area contributed by atoms with E-state index in [9.17, 15) is 4.79 Å². The summed E-state index contributed by atoms with van der Waals surface area (Å²) in [5, 5.41) is 0. The average molecular weight is 446 g/mol. The van der Waals surface area contributed by atoms with E-state index in [1.165, 1.54) is 36.8 Å². The van der Waals surface area contributed by atoms with Crippen molar-refractivity contribution in [2.75, 3.05) is 26.2 Å². The lowest BCUT2D eigenvalue weighted by Crippen LogP contribution is -2.50. The number of urea groups is 1. The van der Waals surface area contributed by atoms with Gasteiger partial charge in [0, 0.05) is 31.6 Å². The number of carbonyl (C=O) groups is 1. The fraction of sp³-hybridized carbons (Fsp3) is 0.552. The molecule has 5 rings (SSSR count). The summed E-state index contributed by atoms with van der Waals surface area (Å²) in [5.74, 6) is 0.436. The third-order valence-corrected chi connectivity index (χ3v) is 8.35. The Morgan fingerprint density at radius 1 is 0.818 bits per heavy atom. The molecule has 2 aromatic carbocycles. The van der Waals surface area contributed by atoms with E-state index in [2.05, 4.69) is 82.3 Å². The molecular weight excluding hydrogens is 406 g/mol. The number of carbonyl (C=O) groups excluding carboxylic acids is 1. The van der Waals surface area contributed by atoms with Gasteiger partial charge in [0.25, 0.3) is 0 Å². The molecule has 0 radical (unpaired) electrons. The molecule has 2 amide bonds. The maximum atomic E-state index is 13.3. The fourth-order valence-electron chi connectivity index (χ4n) is 6.64. The minimum atomic E-state index is 0.320. The van der Waals surface area contributed by atoms with Gasteiger partial charge in [0.05, 0.1) is 12.1 Å². The Labute approximate surface area is 199 Å². The van der Waals surface area contributed by atoms with Crippen LogP contribution in [0.25, 0.3) is 0 Å². The summed E-state index contributed by atoms with van der Waals surface area (Å²) in [4.78, 5) is 20.4. The van der Waals surface area contributed by atoms with E-state index in [4.69, 9.17) is 0 Å². The van der Waals surface area contributed by atoms with Gasteiger partial charge in [-0.05, 0) is 56.7 Å². The highest BCUT2D eigenvalue weighted by molar-refractivity contribution is 5.78. The zero-order chi connectivity index (χ0) is 22.6. The fourth-order valence-corrected chi connectivity index (χ4v) is 6.64. The van der Waals surface area contributed by atoms with Crippen LogP contribution in [0.3, 0.4) is 0 Å². The van der Waals surface area contributed by atoms with Gasteiger partial charge in [-0.25, -0.2) is 4.79 Å². The van der Waals surface area contributed by atoms with Gasteiger partial charge in [0.15, 0.2) is 0 Å². The molecule has 0 unspecified atom stereocenters. The summed E-state index contributed by atoms with van der Waals surface area (Å²) in [6.45, 7) is 6.33. The molecular formula is C29H39N3O. The van der Waals surface area contributed by atoms with E-state index in [-0.39, 0.29) is 0 Å². The summed E-state index contributed by atoms with van der Waals surface area (Å²) in [6.07, 6.45) is 8.32. The van der Waals surface area contributed by atoms with Crippen LogP contribution < -0.4 is 0 Å². The summed E-state index contributed by atoms with van der Waals surface area (Å²) < 4.78 is 0. The number of likely N-dealkylation sites (tertiary alicyclic amines) is 1. The van der Waals surface area contributed by atoms with Gasteiger partial charge in [-0.3, -0.25) is 0 Å². The van der Waals surface area contributed by atoms with Gasteiger partial charge in [0.1, 0.15) is 0 Å². The van der Waals surface area contributed by atoms with E-state index in [0.717, 1.165) is 45.4 Å². The maximum Gasteiger partial charge on any atom is 0.320 e. The lowest BCUT2D eigenvalue weighted by molar-refractivity contribution is 0.101. The zero-order valence-corrected chi connectivity index (χ0v) is 20.1. The van der Waals surface area contributed by atoms with E-state index in [1.54, 1.807) is 0 Å². The van der Waals surface area contributed by atoms with Gasteiger partial charge in [-0.1, -0.05) is 73.5 Å². The monoisotopic (exact) mass is 445 g/mol. The van der Waals surface area contributed by atoms with E-state index >= 15 is 0 Å². The molecule has 2 heterocycles. The molecule has 4 heteroatoms. The molecule has 33 heavy (non-hydrogen) atoms. The number of rotatable bonds is 7. The molecule has 0 spiro atoms. The Hall–Kier alpha value is -2.33. The number of likely N-dealkylation sites (N-methyl/N-ethyl adjacent to an activating group) is 1. The quantitative estimate of drug-likeness (QED) is 0.543. The van der Waals surface area contributed by atoms with Crippen LogP contribution in [0.1, 0.15) is 68.9 Å². The van der Waals surface area contributed by atoms with Crippen LogP contribution in [0, 0.1) is 0 Å². The Balaban J connectivity index is 1.20.